The van der Waals surface area contributed by atoms with E-state index in [-0.39, 0.29) is 0 Å². The fourth-order valence-electron chi connectivity index (χ4n) is 2.10. The van der Waals surface area contributed by atoms with Crippen LogP contribution in [0.15, 0.2) is 0 Å². The molecule has 0 bridgehead atoms. The second kappa shape index (κ2) is 6.36. The Morgan fingerprint density at radius 2 is 2.06 bits per heavy atom. The van der Waals surface area contributed by atoms with Crippen LogP contribution in [0.1, 0.15) is 33.6 Å². The average Bonchev–Trinajstić information content (AvgIpc) is 3.07. The highest BCUT2D eigenvalue weighted by Gasteiger charge is 2.33. The van der Waals surface area contributed by atoms with Gasteiger partial charge >= 0.3 is 0 Å². The Bertz CT molecular complexity index is 204. The molecule has 0 spiro atoms. The van der Waals surface area contributed by atoms with E-state index < -0.39 is 0 Å². The van der Waals surface area contributed by atoms with E-state index in [0.29, 0.717) is 11.5 Å². The molecule has 1 rings (SSSR count). The van der Waals surface area contributed by atoms with Crippen molar-refractivity contribution in [2.75, 3.05) is 32.1 Å². The van der Waals surface area contributed by atoms with E-state index in [9.17, 15) is 0 Å². The first-order chi connectivity index (χ1) is 7.50. The first-order valence-corrected chi connectivity index (χ1v) is 7.41. The maximum atomic E-state index is 5.22. The van der Waals surface area contributed by atoms with Crippen LogP contribution in [0, 0.1) is 11.3 Å². The number of ether oxygens (including phenoxy) is 1. The van der Waals surface area contributed by atoms with Gasteiger partial charge in [-0.2, -0.15) is 0 Å². The molecular formula is C13H26BrNO. The van der Waals surface area contributed by atoms with Crippen LogP contribution in [0.5, 0.6) is 0 Å². The molecule has 1 fully saturated rings. The Labute approximate surface area is 109 Å². The maximum absolute atomic E-state index is 5.22. The molecule has 0 amide bonds. The van der Waals surface area contributed by atoms with Crippen molar-refractivity contribution in [1.82, 2.24) is 4.90 Å². The highest BCUT2D eigenvalue weighted by Crippen LogP contribution is 2.36. The van der Waals surface area contributed by atoms with Crippen molar-refractivity contribution in [3.8, 4) is 0 Å². The molecule has 0 radical (unpaired) electrons. The van der Waals surface area contributed by atoms with Crippen molar-refractivity contribution in [3.05, 3.63) is 0 Å². The van der Waals surface area contributed by atoms with E-state index in [0.717, 1.165) is 30.9 Å². The molecule has 0 heterocycles. The van der Waals surface area contributed by atoms with E-state index in [1.165, 1.54) is 12.8 Å². The lowest BCUT2D eigenvalue weighted by Gasteiger charge is -2.35. The molecule has 1 saturated carbocycles. The molecule has 1 aliphatic rings. The predicted octanol–water partition coefficient (Wildman–Crippen LogP) is 3.15. The Kier molecular flexibility index (Phi) is 5.75. The van der Waals surface area contributed by atoms with Gasteiger partial charge in [-0.05, 0) is 31.1 Å². The fourth-order valence-corrected chi connectivity index (χ4v) is 2.28. The van der Waals surface area contributed by atoms with Crippen LogP contribution in [-0.2, 0) is 4.74 Å². The van der Waals surface area contributed by atoms with Crippen LogP contribution in [-0.4, -0.2) is 43.1 Å². The minimum Gasteiger partial charge on any atom is -0.383 e. The Morgan fingerprint density at radius 3 is 2.50 bits per heavy atom. The maximum Gasteiger partial charge on any atom is 0.0589 e. The summed E-state index contributed by atoms with van der Waals surface area (Å²) < 4.78 is 5.22. The molecule has 0 saturated heterocycles. The number of rotatable bonds is 8. The van der Waals surface area contributed by atoms with E-state index in [1.807, 2.05) is 0 Å². The number of halogens is 1. The number of alkyl halides is 1. The summed E-state index contributed by atoms with van der Waals surface area (Å²) in [6, 6.07) is 0.716. The zero-order valence-electron chi connectivity index (χ0n) is 11.1. The van der Waals surface area contributed by atoms with Gasteiger partial charge in [0.1, 0.15) is 0 Å². The zero-order valence-corrected chi connectivity index (χ0v) is 12.7. The Balaban J connectivity index is 2.48. The van der Waals surface area contributed by atoms with Crippen LogP contribution in [0.2, 0.25) is 0 Å². The molecule has 0 aromatic rings. The fraction of sp³-hybridized carbons (Fsp3) is 1.00. The van der Waals surface area contributed by atoms with Crippen LogP contribution in [0.3, 0.4) is 0 Å². The lowest BCUT2D eigenvalue weighted by Crippen LogP contribution is -2.43. The lowest BCUT2D eigenvalue weighted by molar-refractivity contribution is 0.0901. The summed E-state index contributed by atoms with van der Waals surface area (Å²) in [7, 11) is 1.79. The molecule has 96 valence electrons. The number of methoxy groups -OCH3 is 1. The van der Waals surface area contributed by atoms with Gasteiger partial charge in [-0.3, -0.25) is 4.90 Å². The molecule has 0 N–H and O–H groups in total. The van der Waals surface area contributed by atoms with Crippen molar-refractivity contribution < 1.29 is 4.74 Å². The summed E-state index contributed by atoms with van der Waals surface area (Å²) in [5, 5.41) is 1.06. The minimum absolute atomic E-state index is 0.344. The van der Waals surface area contributed by atoms with E-state index >= 15 is 0 Å². The van der Waals surface area contributed by atoms with Crippen LogP contribution < -0.4 is 0 Å². The van der Waals surface area contributed by atoms with Crippen molar-refractivity contribution in [2.24, 2.45) is 11.3 Å². The molecule has 16 heavy (non-hydrogen) atoms. The quantitative estimate of drug-likeness (QED) is 0.637. The molecule has 2 nitrogen and oxygen atoms in total. The topological polar surface area (TPSA) is 12.5 Å². The summed E-state index contributed by atoms with van der Waals surface area (Å²) in [4.78, 5) is 2.60. The highest BCUT2D eigenvalue weighted by atomic mass is 79.9. The van der Waals surface area contributed by atoms with Gasteiger partial charge < -0.3 is 4.74 Å². The number of nitrogens with zero attached hydrogens (tertiary/aromatic N) is 1. The van der Waals surface area contributed by atoms with E-state index in [1.54, 1.807) is 7.11 Å². The molecular weight excluding hydrogens is 266 g/mol. The van der Waals surface area contributed by atoms with E-state index in [2.05, 4.69) is 41.6 Å². The average molecular weight is 292 g/mol. The Hall–Kier alpha value is 0.400. The highest BCUT2D eigenvalue weighted by molar-refractivity contribution is 9.09. The third-order valence-corrected chi connectivity index (χ3v) is 4.97. The van der Waals surface area contributed by atoms with Gasteiger partial charge in [0.05, 0.1) is 6.61 Å². The smallest absolute Gasteiger partial charge is 0.0589 e. The lowest BCUT2D eigenvalue weighted by atomic mass is 9.94. The normalized spacial score (nSPS) is 19.1. The second-order valence-electron chi connectivity index (χ2n) is 5.84. The van der Waals surface area contributed by atoms with E-state index in [4.69, 9.17) is 4.74 Å². The minimum atomic E-state index is 0.344. The Morgan fingerprint density at radius 1 is 1.44 bits per heavy atom. The van der Waals surface area contributed by atoms with Gasteiger partial charge in [0.25, 0.3) is 0 Å². The van der Waals surface area contributed by atoms with Gasteiger partial charge in [-0.15, -0.1) is 0 Å². The van der Waals surface area contributed by atoms with Crippen molar-refractivity contribution in [2.45, 2.75) is 39.7 Å². The molecule has 1 unspecified atom stereocenters. The molecule has 0 aromatic carbocycles. The molecule has 1 aliphatic carbocycles. The first kappa shape index (κ1) is 14.5. The predicted molar refractivity (Wildman–Crippen MR) is 73.2 cm³/mol. The molecule has 0 aromatic heterocycles. The summed E-state index contributed by atoms with van der Waals surface area (Å²) in [6.07, 6.45) is 2.83. The largest absolute Gasteiger partial charge is 0.383 e. The van der Waals surface area contributed by atoms with Crippen molar-refractivity contribution in [1.29, 1.82) is 0 Å². The van der Waals surface area contributed by atoms with Gasteiger partial charge in [-0.1, -0.05) is 29.8 Å². The summed E-state index contributed by atoms with van der Waals surface area (Å²) in [5.74, 6) is 0.933. The summed E-state index contributed by atoms with van der Waals surface area (Å²) in [6.45, 7) is 10.1. The van der Waals surface area contributed by atoms with Crippen LogP contribution in [0.4, 0.5) is 0 Å². The van der Waals surface area contributed by atoms with Crippen LogP contribution in [0.25, 0.3) is 0 Å². The van der Waals surface area contributed by atoms with Crippen molar-refractivity contribution in [3.63, 3.8) is 0 Å². The molecule has 0 aliphatic heterocycles. The third kappa shape index (κ3) is 4.72. The SMILES string of the molecule is COCCN(CC(C)(C)CBr)C(C)C1CC1. The van der Waals surface area contributed by atoms with Gasteiger partial charge in [0, 0.05) is 31.6 Å². The zero-order chi connectivity index (χ0) is 12.2. The standard InChI is InChI=1S/C13H26BrNO/c1-11(12-5-6-12)15(7-8-16-4)10-13(2,3)9-14/h11-12H,5-10H2,1-4H3. The third-order valence-electron chi connectivity index (χ3n) is 3.46. The number of hydrogen-bond donors (Lipinski definition) is 0. The summed E-state index contributed by atoms with van der Waals surface area (Å²) >= 11 is 3.61. The van der Waals surface area contributed by atoms with Gasteiger partial charge in [-0.25, -0.2) is 0 Å². The second-order valence-corrected chi connectivity index (χ2v) is 6.40. The summed E-state index contributed by atoms with van der Waals surface area (Å²) in [5.41, 5.74) is 0.344. The number of hydrogen-bond acceptors (Lipinski definition) is 2. The monoisotopic (exact) mass is 291 g/mol. The van der Waals surface area contributed by atoms with Crippen LogP contribution >= 0.6 is 15.9 Å². The van der Waals surface area contributed by atoms with Crippen molar-refractivity contribution >= 4 is 15.9 Å². The first-order valence-electron chi connectivity index (χ1n) is 6.29. The molecule has 1 atom stereocenters. The van der Waals surface area contributed by atoms with Gasteiger partial charge in [0.2, 0.25) is 0 Å². The van der Waals surface area contributed by atoms with Gasteiger partial charge in [0.15, 0.2) is 0 Å². The molecule has 3 heteroatoms.